The molecule has 152 valence electrons. The van der Waals surface area contributed by atoms with Gasteiger partial charge in [0.25, 0.3) is 0 Å². The van der Waals surface area contributed by atoms with Crippen LogP contribution in [0, 0.1) is 0 Å². The van der Waals surface area contributed by atoms with Crippen molar-refractivity contribution in [1.82, 2.24) is 20.1 Å². The van der Waals surface area contributed by atoms with Crippen LogP contribution in [0.2, 0.25) is 0 Å². The molecule has 1 N–H and O–H groups in total. The smallest absolute Gasteiger partial charge is 0.161 e. The third-order valence-electron chi connectivity index (χ3n) is 5.40. The summed E-state index contributed by atoms with van der Waals surface area (Å²) in [5.74, 6) is 2.17. The Bertz CT molecular complexity index is 889. The Morgan fingerprint density at radius 3 is 2.59 bits per heavy atom. The lowest BCUT2D eigenvalue weighted by atomic mass is 9.93. The largest absolute Gasteiger partial charge is 0.490 e. The number of rotatable bonds is 8. The molecule has 4 rings (SSSR count). The minimum atomic E-state index is 0.531. The first kappa shape index (κ1) is 19.5. The van der Waals surface area contributed by atoms with Crippen LogP contribution in [0.3, 0.4) is 0 Å². The number of ether oxygens (including phenoxy) is 2. The van der Waals surface area contributed by atoms with Gasteiger partial charge in [-0.25, -0.2) is 0 Å². The molecule has 1 aromatic carbocycles. The van der Waals surface area contributed by atoms with E-state index in [1.807, 2.05) is 49.5 Å². The van der Waals surface area contributed by atoms with Crippen LogP contribution >= 0.6 is 0 Å². The van der Waals surface area contributed by atoms with E-state index in [9.17, 15) is 0 Å². The second-order valence-electron chi connectivity index (χ2n) is 7.29. The standard InChI is InChI=1S/C23H28N4O2/c1-2-28-22-7-3-4-8-23(22)29-15-14-27-12-9-18(10-13-27)20-16-21(26-25-20)19-6-5-11-24-17-19/h3-8,11,16-18H,2,9-10,12-15H2,1H3,(H,25,26). The number of pyridine rings is 1. The molecular weight excluding hydrogens is 364 g/mol. The van der Waals surface area contributed by atoms with Crippen LogP contribution in [0.15, 0.2) is 54.9 Å². The Labute approximate surface area is 171 Å². The van der Waals surface area contributed by atoms with Crippen LogP contribution in [0.1, 0.15) is 31.4 Å². The Morgan fingerprint density at radius 1 is 1.07 bits per heavy atom. The third kappa shape index (κ3) is 4.95. The molecule has 3 aromatic rings. The molecule has 0 aliphatic carbocycles. The van der Waals surface area contributed by atoms with E-state index in [-0.39, 0.29) is 0 Å². The summed E-state index contributed by atoms with van der Waals surface area (Å²) in [7, 11) is 0. The van der Waals surface area contributed by atoms with Crippen LogP contribution in [0.25, 0.3) is 11.3 Å². The second kappa shape index (κ2) is 9.56. The maximum absolute atomic E-state index is 5.97. The quantitative estimate of drug-likeness (QED) is 0.624. The minimum Gasteiger partial charge on any atom is -0.490 e. The zero-order valence-corrected chi connectivity index (χ0v) is 16.9. The van der Waals surface area contributed by atoms with E-state index in [4.69, 9.17) is 9.47 Å². The normalized spacial score (nSPS) is 15.3. The van der Waals surface area contributed by atoms with E-state index in [2.05, 4.69) is 26.1 Å². The molecule has 0 radical (unpaired) electrons. The van der Waals surface area contributed by atoms with Gasteiger partial charge in [0, 0.05) is 36.1 Å². The summed E-state index contributed by atoms with van der Waals surface area (Å²) in [5, 5.41) is 7.71. The molecule has 29 heavy (non-hydrogen) atoms. The van der Waals surface area contributed by atoms with Gasteiger partial charge in [-0.15, -0.1) is 0 Å². The number of nitrogens with zero attached hydrogens (tertiary/aromatic N) is 3. The van der Waals surface area contributed by atoms with Crippen molar-refractivity contribution in [2.75, 3.05) is 32.8 Å². The van der Waals surface area contributed by atoms with Gasteiger partial charge in [0.1, 0.15) is 6.61 Å². The zero-order chi connectivity index (χ0) is 19.9. The van der Waals surface area contributed by atoms with E-state index in [0.717, 1.165) is 55.2 Å². The molecule has 1 aliphatic rings. The molecule has 0 bridgehead atoms. The number of para-hydroxylation sites is 2. The van der Waals surface area contributed by atoms with Crippen molar-refractivity contribution in [3.8, 4) is 22.8 Å². The van der Waals surface area contributed by atoms with Gasteiger partial charge in [0.15, 0.2) is 11.5 Å². The first-order valence-electron chi connectivity index (χ1n) is 10.4. The molecule has 1 saturated heterocycles. The van der Waals surface area contributed by atoms with E-state index < -0.39 is 0 Å². The fraction of sp³-hybridized carbons (Fsp3) is 0.391. The molecule has 0 atom stereocenters. The summed E-state index contributed by atoms with van der Waals surface area (Å²) in [4.78, 5) is 6.65. The molecule has 6 heteroatoms. The van der Waals surface area contributed by atoms with Gasteiger partial charge in [-0.2, -0.15) is 5.10 Å². The first-order chi connectivity index (χ1) is 14.3. The Morgan fingerprint density at radius 2 is 1.86 bits per heavy atom. The lowest BCUT2D eigenvalue weighted by Gasteiger charge is -2.31. The van der Waals surface area contributed by atoms with Gasteiger partial charge >= 0.3 is 0 Å². The molecule has 2 aromatic heterocycles. The summed E-state index contributed by atoms with van der Waals surface area (Å²) in [6.45, 7) is 6.37. The highest BCUT2D eigenvalue weighted by atomic mass is 16.5. The van der Waals surface area contributed by atoms with Gasteiger partial charge in [0.05, 0.1) is 12.3 Å². The number of likely N-dealkylation sites (tertiary alicyclic amines) is 1. The molecule has 1 fully saturated rings. The molecule has 1 aliphatic heterocycles. The van der Waals surface area contributed by atoms with Crippen LogP contribution in [-0.2, 0) is 0 Å². The molecular formula is C23H28N4O2. The van der Waals surface area contributed by atoms with Crippen molar-refractivity contribution >= 4 is 0 Å². The molecule has 0 amide bonds. The lowest BCUT2D eigenvalue weighted by molar-refractivity contribution is 0.169. The number of hydrogen-bond donors (Lipinski definition) is 1. The summed E-state index contributed by atoms with van der Waals surface area (Å²) in [5.41, 5.74) is 3.25. The first-order valence-corrected chi connectivity index (χ1v) is 10.4. The Kier molecular flexibility index (Phi) is 6.42. The van der Waals surface area contributed by atoms with Crippen LogP contribution in [0.4, 0.5) is 0 Å². The van der Waals surface area contributed by atoms with Crippen molar-refractivity contribution in [3.63, 3.8) is 0 Å². The number of aromatic amines is 1. The number of hydrogen-bond acceptors (Lipinski definition) is 5. The summed E-state index contributed by atoms with van der Waals surface area (Å²) < 4.78 is 11.6. The number of nitrogens with one attached hydrogen (secondary N) is 1. The van der Waals surface area contributed by atoms with Crippen molar-refractivity contribution in [2.24, 2.45) is 0 Å². The second-order valence-corrected chi connectivity index (χ2v) is 7.29. The minimum absolute atomic E-state index is 0.531. The predicted octanol–water partition coefficient (Wildman–Crippen LogP) is 4.13. The molecule has 0 spiro atoms. The Hall–Kier alpha value is -2.86. The molecule has 6 nitrogen and oxygen atoms in total. The monoisotopic (exact) mass is 392 g/mol. The highest BCUT2D eigenvalue weighted by Crippen LogP contribution is 2.29. The van der Waals surface area contributed by atoms with Gasteiger partial charge in [-0.3, -0.25) is 15.0 Å². The van der Waals surface area contributed by atoms with E-state index in [1.54, 1.807) is 6.20 Å². The SMILES string of the molecule is CCOc1ccccc1OCCN1CCC(c2cc(-c3cccnc3)n[nH]2)CC1. The fourth-order valence-electron chi connectivity index (χ4n) is 3.80. The predicted molar refractivity (Wildman–Crippen MR) is 113 cm³/mol. The van der Waals surface area contributed by atoms with E-state index in [1.165, 1.54) is 5.69 Å². The fourth-order valence-corrected chi connectivity index (χ4v) is 3.80. The zero-order valence-electron chi connectivity index (χ0n) is 16.9. The summed E-state index contributed by atoms with van der Waals surface area (Å²) in [6, 6.07) is 14.0. The van der Waals surface area contributed by atoms with Gasteiger partial charge in [-0.05, 0) is 63.2 Å². The molecule has 3 heterocycles. The van der Waals surface area contributed by atoms with Crippen molar-refractivity contribution in [2.45, 2.75) is 25.7 Å². The van der Waals surface area contributed by atoms with Crippen LogP contribution in [0.5, 0.6) is 11.5 Å². The molecule has 0 unspecified atom stereocenters. The Balaban J connectivity index is 1.25. The average molecular weight is 393 g/mol. The van der Waals surface area contributed by atoms with E-state index in [0.29, 0.717) is 19.1 Å². The topological polar surface area (TPSA) is 63.3 Å². The van der Waals surface area contributed by atoms with Gasteiger partial charge in [-0.1, -0.05) is 12.1 Å². The molecule has 0 saturated carbocycles. The maximum Gasteiger partial charge on any atom is 0.161 e. The van der Waals surface area contributed by atoms with E-state index >= 15 is 0 Å². The average Bonchev–Trinajstić information content (AvgIpc) is 3.27. The summed E-state index contributed by atoms with van der Waals surface area (Å²) in [6.07, 6.45) is 5.90. The summed E-state index contributed by atoms with van der Waals surface area (Å²) >= 11 is 0. The van der Waals surface area contributed by atoms with Gasteiger partial charge in [0.2, 0.25) is 0 Å². The van der Waals surface area contributed by atoms with Crippen LogP contribution in [-0.4, -0.2) is 52.9 Å². The maximum atomic E-state index is 5.97. The highest BCUT2D eigenvalue weighted by molar-refractivity contribution is 5.57. The number of H-pyrrole nitrogens is 1. The van der Waals surface area contributed by atoms with Crippen LogP contribution < -0.4 is 9.47 Å². The highest BCUT2D eigenvalue weighted by Gasteiger charge is 2.22. The van der Waals surface area contributed by atoms with Gasteiger partial charge < -0.3 is 9.47 Å². The van der Waals surface area contributed by atoms with Crippen molar-refractivity contribution in [3.05, 3.63) is 60.6 Å². The number of aromatic nitrogens is 3. The lowest BCUT2D eigenvalue weighted by Crippen LogP contribution is -2.36. The van der Waals surface area contributed by atoms with Crippen molar-refractivity contribution in [1.29, 1.82) is 0 Å². The van der Waals surface area contributed by atoms with Crippen molar-refractivity contribution < 1.29 is 9.47 Å². The number of piperidine rings is 1. The number of benzene rings is 1. The third-order valence-corrected chi connectivity index (χ3v) is 5.40.